The van der Waals surface area contributed by atoms with Gasteiger partial charge in [-0.2, -0.15) is 0 Å². The molecule has 0 aliphatic heterocycles. The van der Waals surface area contributed by atoms with Crippen LogP contribution < -0.4 is 5.32 Å². The van der Waals surface area contributed by atoms with E-state index < -0.39 is 11.6 Å². The molecule has 0 aromatic heterocycles. The van der Waals surface area contributed by atoms with Gasteiger partial charge in [0, 0.05) is 11.6 Å². The van der Waals surface area contributed by atoms with Crippen LogP contribution in [-0.2, 0) is 6.42 Å². The maximum atomic E-state index is 13.3. The first kappa shape index (κ1) is 12.1. The highest BCUT2D eigenvalue weighted by molar-refractivity contribution is 5.20. The molecule has 1 rings (SSSR count). The first-order chi connectivity index (χ1) is 7.19. The van der Waals surface area contributed by atoms with Crippen molar-refractivity contribution in [2.24, 2.45) is 0 Å². The van der Waals surface area contributed by atoms with Crippen molar-refractivity contribution in [1.82, 2.24) is 5.32 Å². The second kappa shape index (κ2) is 5.81. The Labute approximate surface area is 89.5 Å². The summed E-state index contributed by atoms with van der Waals surface area (Å²) >= 11 is 0. The number of hydrogen-bond donors (Lipinski definition) is 1. The maximum absolute atomic E-state index is 13.3. The molecular formula is C12H17F2N. The van der Waals surface area contributed by atoms with E-state index in [-0.39, 0.29) is 11.6 Å². The summed E-state index contributed by atoms with van der Waals surface area (Å²) in [6.45, 7) is 2.06. The molecule has 1 nitrogen and oxygen atoms in total. The van der Waals surface area contributed by atoms with Gasteiger partial charge in [0.1, 0.15) is 11.6 Å². The van der Waals surface area contributed by atoms with Crippen LogP contribution >= 0.6 is 0 Å². The van der Waals surface area contributed by atoms with E-state index in [1.54, 1.807) is 0 Å². The SMILES string of the molecule is CCCC(Cc1c(F)cccc1F)NC. The third-order valence-corrected chi connectivity index (χ3v) is 2.56. The number of likely N-dealkylation sites (N-methyl/N-ethyl adjacent to an activating group) is 1. The van der Waals surface area contributed by atoms with Crippen molar-refractivity contribution >= 4 is 0 Å². The summed E-state index contributed by atoms with van der Waals surface area (Å²) in [7, 11) is 1.82. The van der Waals surface area contributed by atoms with Crippen LogP contribution in [0.15, 0.2) is 18.2 Å². The monoisotopic (exact) mass is 213 g/mol. The van der Waals surface area contributed by atoms with E-state index >= 15 is 0 Å². The smallest absolute Gasteiger partial charge is 0.129 e. The summed E-state index contributed by atoms with van der Waals surface area (Å²) in [5.74, 6) is -0.905. The Balaban J connectivity index is 2.78. The Hall–Kier alpha value is -0.960. The van der Waals surface area contributed by atoms with E-state index in [1.165, 1.54) is 18.2 Å². The first-order valence-corrected chi connectivity index (χ1v) is 5.29. The number of rotatable bonds is 5. The summed E-state index contributed by atoms with van der Waals surface area (Å²) < 4.78 is 26.6. The number of halogens is 2. The van der Waals surface area contributed by atoms with Crippen molar-refractivity contribution in [3.05, 3.63) is 35.4 Å². The zero-order chi connectivity index (χ0) is 11.3. The van der Waals surface area contributed by atoms with Gasteiger partial charge < -0.3 is 5.32 Å². The standard InChI is InChI=1S/C12H17F2N/c1-3-5-9(15-2)8-10-11(13)6-4-7-12(10)14/h4,6-7,9,15H,3,5,8H2,1-2H3. The highest BCUT2D eigenvalue weighted by Crippen LogP contribution is 2.15. The van der Waals surface area contributed by atoms with Gasteiger partial charge >= 0.3 is 0 Å². The molecule has 15 heavy (non-hydrogen) atoms. The highest BCUT2D eigenvalue weighted by atomic mass is 19.1. The molecule has 1 aromatic carbocycles. The van der Waals surface area contributed by atoms with E-state index in [1.807, 2.05) is 7.05 Å². The molecule has 0 saturated carbocycles. The Kier molecular flexibility index (Phi) is 4.69. The second-order valence-electron chi connectivity index (χ2n) is 3.68. The van der Waals surface area contributed by atoms with Crippen molar-refractivity contribution in [2.75, 3.05) is 7.05 Å². The fraction of sp³-hybridized carbons (Fsp3) is 0.500. The highest BCUT2D eigenvalue weighted by Gasteiger charge is 2.13. The predicted molar refractivity (Wildman–Crippen MR) is 57.8 cm³/mol. The van der Waals surface area contributed by atoms with Crippen molar-refractivity contribution in [3.63, 3.8) is 0 Å². The Morgan fingerprint density at radius 3 is 2.33 bits per heavy atom. The predicted octanol–water partition coefficient (Wildman–Crippen LogP) is 2.90. The molecule has 1 atom stereocenters. The molecule has 0 bridgehead atoms. The van der Waals surface area contributed by atoms with Gasteiger partial charge in [0.15, 0.2) is 0 Å². The van der Waals surface area contributed by atoms with Crippen molar-refractivity contribution < 1.29 is 8.78 Å². The van der Waals surface area contributed by atoms with Crippen LogP contribution in [0.5, 0.6) is 0 Å². The van der Waals surface area contributed by atoms with Crippen molar-refractivity contribution in [2.45, 2.75) is 32.2 Å². The lowest BCUT2D eigenvalue weighted by molar-refractivity contribution is 0.479. The van der Waals surface area contributed by atoms with Gasteiger partial charge in [-0.05, 0) is 32.0 Å². The van der Waals surface area contributed by atoms with Gasteiger partial charge in [0.05, 0.1) is 0 Å². The largest absolute Gasteiger partial charge is 0.317 e. The van der Waals surface area contributed by atoms with Gasteiger partial charge in [-0.3, -0.25) is 0 Å². The van der Waals surface area contributed by atoms with Gasteiger partial charge in [-0.15, -0.1) is 0 Å². The molecule has 1 N–H and O–H groups in total. The van der Waals surface area contributed by atoms with E-state index in [2.05, 4.69) is 12.2 Å². The van der Waals surface area contributed by atoms with Gasteiger partial charge in [0.2, 0.25) is 0 Å². The molecule has 0 heterocycles. The molecule has 84 valence electrons. The van der Waals surface area contributed by atoms with Gasteiger partial charge in [-0.25, -0.2) is 8.78 Å². The Morgan fingerprint density at radius 1 is 1.27 bits per heavy atom. The molecule has 0 radical (unpaired) electrons. The molecule has 0 aliphatic carbocycles. The molecule has 1 unspecified atom stereocenters. The summed E-state index contributed by atoms with van der Waals surface area (Å²) in [6.07, 6.45) is 2.33. The third kappa shape index (κ3) is 3.27. The molecule has 0 amide bonds. The van der Waals surface area contributed by atoms with Crippen LogP contribution in [0.2, 0.25) is 0 Å². The lowest BCUT2D eigenvalue weighted by atomic mass is 10.0. The maximum Gasteiger partial charge on any atom is 0.129 e. The minimum absolute atomic E-state index is 0.140. The van der Waals surface area contributed by atoms with Crippen molar-refractivity contribution in [3.8, 4) is 0 Å². The van der Waals surface area contributed by atoms with Crippen LogP contribution in [-0.4, -0.2) is 13.1 Å². The lowest BCUT2D eigenvalue weighted by Gasteiger charge is -2.15. The zero-order valence-corrected chi connectivity index (χ0v) is 9.19. The quantitative estimate of drug-likeness (QED) is 0.793. The molecule has 1 aromatic rings. The number of hydrogen-bond acceptors (Lipinski definition) is 1. The second-order valence-corrected chi connectivity index (χ2v) is 3.68. The topological polar surface area (TPSA) is 12.0 Å². The van der Waals surface area contributed by atoms with E-state index in [0.29, 0.717) is 6.42 Å². The average Bonchev–Trinajstić information content (AvgIpc) is 2.22. The van der Waals surface area contributed by atoms with E-state index in [0.717, 1.165) is 12.8 Å². The Bertz CT molecular complexity index is 292. The molecule has 3 heteroatoms. The van der Waals surface area contributed by atoms with Gasteiger partial charge in [-0.1, -0.05) is 19.4 Å². The third-order valence-electron chi connectivity index (χ3n) is 2.56. The zero-order valence-electron chi connectivity index (χ0n) is 9.19. The summed E-state index contributed by atoms with van der Waals surface area (Å²) in [5, 5.41) is 3.07. The number of nitrogens with one attached hydrogen (secondary N) is 1. The normalized spacial score (nSPS) is 12.8. The van der Waals surface area contributed by atoms with Crippen molar-refractivity contribution in [1.29, 1.82) is 0 Å². The Morgan fingerprint density at radius 2 is 1.87 bits per heavy atom. The lowest BCUT2D eigenvalue weighted by Crippen LogP contribution is -2.28. The molecule has 0 spiro atoms. The van der Waals surface area contributed by atoms with E-state index in [4.69, 9.17) is 0 Å². The van der Waals surface area contributed by atoms with Crippen LogP contribution in [0.1, 0.15) is 25.3 Å². The summed E-state index contributed by atoms with van der Waals surface area (Å²) in [4.78, 5) is 0. The van der Waals surface area contributed by atoms with E-state index in [9.17, 15) is 8.78 Å². The number of benzene rings is 1. The first-order valence-electron chi connectivity index (χ1n) is 5.29. The molecule has 0 saturated heterocycles. The summed E-state index contributed by atoms with van der Waals surface area (Å²) in [6, 6.07) is 4.14. The summed E-state index contributed by atoms with van der Waals surface area (Å²) in [5.41, 5.74) is 0.185. The van der Waals surface area contributed by atoms with Gasteiger partial charge in [0.25, 0.3) is 0 Å². The molecule has 0 fully saturated rings. The van der Waals surface area contributed by atoms with Crippen LogP contribution in [0, 0.1) is 11.6 Å². The van der Waals surface area contributed by atoms with Crippen LogP contribution in [0.25, 0.3) is 0 Å². The minimum atomic E-state index is -0.452. The average molecular weight is 213 g/mol. The fourth-order valence-corrected chi connectivity index (χ4v) is 1.67. The molecule has 0 aliphatic rings. The van der Waals surface area contributed by atoms with Crippen LogP contribution in [0.4, 0.5) is 8.78 Å². The molecular weight excluding hydrogens is 196 g/mol. The van der Waals surface area contributed by atoms with Crippen LogP contribution in [0.3, 0.4) is 0 Å². The minimum Gasteiger partial charge on any atom is -0.317 e. The fourth-order valence-electron chi connectivity index (χ4n) is 1.67.